The summed E-state index contributed by atoms with van der Waals surface area (Å²) >= 11 is 0. The zero-order chi connectivity index (χ0) is 21.6. The van der Waals surface area contributed by atoms with Crippen LogP contribution in [0.3, 0.4) is 0 Å². The van der Waals surface area contributed by atoms with E-state index in [1.165, 1.54) is 0 Å². The standard InChI is InChI=1S/C24H25N5O2/c1-2-28-12-14-29(15-13-28)23-22(26-20-10-6-7-11-21(20)27-23)19(16-25)24(30)31-17-18-8-4-3-5-9-18/h3-11,19H,2,12-15,17H2,1H3/t19-/m1/s1. The molecule has 0 spiro atoms. The summed E-state index contributed by atoms with van der Waals surface area (Å²) < 4.78 is 5.47. The maximum absolute atomic E-state index is 12.9. The molecular formula is C24H25N5O2. The Balaban J connectivity index is 1.65. The molecule has 1 fully saturated rings. The first-order valence-corrected chi connectivity index (χ1v) is 10.5. The normalized spacial score (nSPS) is 15.4. The summed E-state index contributed by atoms with van der Waals surface area (Å²) in [6, 6.07) is 19.0. The first-order valence-electron chi connectivity index (χ1n) is 10.5. The van der Waals surface area contributed by atoms with Gasteiger partial charge in [-0.2, -0.15) is 5.26 Å². The molecule has 1 aliphatic rings. The largest absolute Gasteiger partial charge is 0.460 e. The molecule has 2 aromatic carbocycles. The number of benzene rings is 2. The molecule has 0 N–H and O–H groups in total. The second-order valence-corrected chi connectivity index (χ2v) is 7.50. The van der Waals surface area contributed by atoms with Gasteiger partial charge in [-0.1, -0.05) is 49.4 Å². The molecular weight excluding hydrogens is 390 g/mol. The maximum atomic E-state index is 12.9. The van der Waals surface area contributed by atoms with E-state index < -0.39 is 11.9 Å². The third kappa shape index (κ3) is 4.65. The summed E-state index contributed by atoms with van der Waals surface area (Å²) in [4.78, 5) is 26.9. The molecule has 7 nitrogen and oxygen atoms in total. The number of carbonyl (C=O) groups is 1. The van der Waals surface area contributed by atoms with Crippen LogP contribution in [0.5, 0.6) is 0 Å². The van der Waals surface area contributed by atoms with E-state index in [4.69, 9.17) is 14.7 Å². The van der Waals surface area contributed by atoms with Gasteiger partial charge in [0.15, 0.2) is 11.7 Å². The van der Waals surface area contributed by atoms with Gasteiger partial charge in [-0.3, -0.25) is 4.79 Å². The van der Waals surface area contributed by atoms with E-state index in [2.05, 4.69) is 22.8 Å². The fourth-order valence-electron chi connectivity index (χ4n) is 3.74. The lowest BCUT2D eigenvalue weighted by molar-refractivity contribution is -0.145. The van der Waals surface area contributed by atoms with Crippen molar-refractivity contribution in [2.45, 2.75) is 19.4 Å². The van der Waals surface area contributed by atoms with Gasteiger partial charge in [0.1, 0.15) is 12.3 Å². The Bertz CT molecular complexity index is 1090. The van der Waals surface area contributed by atoms with Gasteiger partial charge in [0, 0.05) is 26.2 Å². The summed E-state index contributed by atoms with van der Waals surface area (Å²) in [5.41, 5.74) is 2.63. The Hall–Kier alpha value is -3.50. The van der Waals surface area contributed by atoms with Crippen molar-refractivity contribution in [2.75, 3.05) is 37.6 Å². The van der Waals surface area contributed by atoms with E-state index in [0.717, 1.165) is 43.8 Å². The fraction of sp³-hybridized carbons (Fsp3) is 0.333. The number of para-hydroxylation sites is 2. The van der Waals surface area contributed by atoms with Crippen LogP contribution in [0.2, 0.25) is 0 Å². The number of aromatic nitrogens is 2. The van der Waals surface area contributed by atoms with Crippen molar-refractivity contribution in [1.29, 1.82) is 5.26 Å². The lowest BCUT2D eigenvalue weighted by Crippen LogP contribution is -2.47. The average Bonchev–Trinajstić information content (AvgIpc) is 2.83. The molecule has 0 amide bonds. The van der Waals surface area contributed by atoms with Gasteiger partial charge in [-0.25, -0.2) is 9.97 Å². The van der Waals surface area contributed by atoms with E-state index >= 15 is 0 Å². The van der Waals surface area contributed by atoms with Gasteiger partial charge in [-0.15, -0.1) is 0 Å². The summed E-state index contributed by atoms with van der Waals surface area (Å²) in [6.07, 6.45) is 0. The van der Waals surface area contributed by atoms with Crippen molar-refractivity contribution in [3.63, 3.8) is 0 Å². The summed E-state index contributed by atoms with van der Waals surface area (Å²) in [5, 5.41) is 9.88. The number of rotatable bonds is 6. The number of fused-ring (bicyclic) bond motifs is 1. The van der Waals surface area contributed by atoms with Crippen molar-refractivity contribution >= 4 is 22.8 Å². The van der Waals surface area contributed by atoms with Gasteiger partial charge in [0.2, 0.25) is 0 Å². The van der Waals surface area contributed by atoms with Gasteiger partial charge >= 0.3 is 5.97 Å². The first kappa shape index (κ1) is 20.8. The minimum Gasteiger partial charge on any atom is -0.460 e. The average molecular weight is 415 g/mol. The number of carbonyl (C=O) groups excluding carboxylic acids is 1. The molecule has 1 saturated heterocycles. The van der Waals surface area contributed by atoms with E-state index in [9.17, 15) is 10.1 Å². The number of hydrogen-bond acceptors (Lipinski definition) is 7. The second kappa shape index (κ2) is 9.54. The number of piperazine rings is 1. The van der Waals surface area contributed by atoms with E-state index in [1.54, 1.807) is 0 Å². The molecule has 3 aromatic rings. The van der Waals surface area contributed by atoms with Crippen molar-refractivity contribution < 1.29 is 9.53 Å². The molecule has 0 bridgehead atoms. The molecule has 0 unspecified atom stereocenters. The van der Waals surface area contributed by atoms with Crippen LogP contribution in [0.25, 0.3) is 11.0 Å². The molecule has 158 valence electrons. The van der Waals surface area contributed by atoms with E-state index in [-0.39, 0.29) is 6.61 Å². The molecule has 0 saturated carbocycles. The molecule has 0 radical (unpaired) electrons. The predicted octanol–water partition coefficient (Wildman–Crippen LogP) is 3.12. The highest BCUT2D eigenvalue weighted by molar-refractivity contribution is 5.85. The quantitative estimate of drug-likeness (QED) is 0.572. The third-order valence-corrected chi connectivity index (χ3v) is 5.56. The minimum absolute atomic E-state index is 0.114. The summed E-state index contributed by atoms with van der Waals surface area (Å²) in [5.74, 6) is -1.15. The molecule has 4 rings (SSSR count). The lowest BCUT2D eigenvalue weighted by atomic mass is 10.1. The van der Waals surface area contributed by atoms with Crippen LogP contribution < -0.4 is 4.90 Å². The number of likely N-dealkylation sites (N-methyl/N-ethyl adjacent to an activating group) is 1. The number of hydrogen-bond donors (Lipinski definition) is 0. The Kier molecular flexibility index (Phi) is 6.39. The smallest absolute Gasteiger partial charge is 0.330 e. The summed E-state index contributed by atoms with van der Waals surface area (Å²) in [7, 11) is 0. The Morgan fingerprint density at radius 3 is 2.32 bits per heavy atom. The number of ether oxygens (including phenoxy) is 1. The van der Waals surface area contributed by atoms with Crippen LogP contribution >= 0.6 is 0 Å². The van der Waals surface area contributed by atoms with Crippen molar-refractivity contribution in [2.24, 2.45) is 0 Å². The Morgan fingerprint density at radius 2 is 1.68 bits per heavy atom. The molecule has 1 aromatic heterocycles. The van der Waals surface area contributed by atoms with Crippen LogP contribution in [-0.4, -0.2) is 53.6 Å². The van der Waals surface area contributed by atoms with Crippen molar-refractivity contribution in [3.05, 3.63) is 65.9 Å². The molecule has 0 aliphatic carbocycles. The Morgan fingerprint density at radius 1 is 1.03 bits per heavy atom. The van der Waals surface area contributed by atoms with Crippen LogP contribution in [0, 0.1) is 11.3 Å². The predicted molar refractivity (Wildman–Crippen MR) is 118 cm³/mol. The topological polar surface area (TPSA) is 82.4 Å². The van der Waals surface area contributed by atoms with Crippen LogP contribution in [0.15, 0.2) is 54.6 Å². The minimum atomic E-state index is -1.14. The molecule has 31 heavy (non-hydrogen) atoms. The molecule has 7 heteroatoms. The van der Waals surface area contributed by atoms with E-state index in [0.29, 0.717) is 17.0 Å². The van der Waals surface area contributed by atoms with Crippen LogP contribution in [0.4, 0.5) is 5.82 Å². The molecule has 1 aliphatic heterocycles. The Labute approximate surface area is 181 Å². The number of nitriles is 1. The van der Waals surface area contributed by atoms with Gasteiger partial charge in [0.05, 0.1) is 17.1 Å². The SMILES string of the molecule is CCN1CCN(c2nc3ccccc3nc2[C@@H](C#N)C(=O)OCc2ccccc2)CC1. The first-order chi connectivity index (χ1) is 15.2. The number of nitrogens with zero attached hydrogens (tertiary/aromatic N) is 5. The van der Waals surface area contributed by atoms with Crippen LogP contribution in [-0.2, 0) is 16.1 Å². The molecule has 2 heterocycles. The van der Waals surface area contributed by atoms with Crippen LogP contribution in [0.1, 0.15) is 24.1 Å². The highest BCUT2D eigenvalue weighted by Crippen LogP contribution is 2.29. The van der Waals surface area contributed by atoms with Crippen molar-refractivity contribution in [1.82, 2.24) is 14.9 Å². The fourth-order valence-corrected chi connectivity index (χ4v) is 3.74. The number of esters is 1. The van der Waals surface area contributed by atoms with Gasteiger partial charge in [0.25, 0.3) is 0 Å². The third-order valence-electron chi connectivity index (χ3n) is 5.56. The van der Waals surface area contributed by atoms with E-state index in [1.807, 2.05) is 54.6 Å². The van der Waals surface area contributed by atoms with Crippen molar-refractivity contribution in [3.8, 4) is 6.07 Å². The summed E-state index contributed by atoms with van der Waals surface area (Å²) in [6.45, 7) is 6.60. The lowest BCUT2D eigenvalue weighted by Gasteiger charge is -2.35. The maximum Gasteiger partial charge on any atom is 0.330 e. The highest BCUT2D eigenvalue weighted by Gasteiger charge is 2.31. The zero-order valence-electron chi connectivity index (χ0n) is 17.6. The highest BCUT2D eigenvalue weighted by atomic mass is 16.5. The molecule has 1 atom stereocenters. The zero-order valence-corrected chi connectivity index (χ0v) is 17.6. The monoisotopic (exact) mass is 415 g/mol. The van der Waals surface area contributed by atoms with Gasteiger partial charge < -0.3 is 14.5 Å². The second-order valence-electron chi connectivity index (χ2n) is 7.50. The number of anilines is 1. The van der Waals surface area contributed by atoms with Gasteiger partial charge in [-0.05, 0) is 24.2 Å².